The number of carbonyl (C=O) groups excluding carboxylic acids is 1. The lowest BCUT2D eigenvalue weighted by Crippen LogP contribution is -2.51. The third-order valence-corrected chi connectivity index (χ3v) is 6.09. The first-order chi connectivity index (χ1) is 11.7. The molecule has 0 aromatic heterocycles. The first-order valence-electron chi connectivity index (χ1n) is 8.16. The maximum absolute atomic E-state index is 12.4. The van der Waals surface area contributed by atoms with Gasteiger partial charge in [-0.3, -0.25) is 9.59 Å². The summed E-state index contributed by atoms with van der Waals surface area (Å²) in [6, 6.07) is 3.98. The summed E-state index contributed by atoms with van der Waals surface area (Å²) in [7, 11) is 0. The van der Waals surface area contributed by atoms with Gasteiger partial charge in [0.15, 0.2) is 5.78 Å². The van der Waals surface area contributed by atoms with E-state index in [-0.39, 0.29) is 28.8 Å². The molecule has 0 spiro atoms. The highest BCUT2D eigenvalue weighted by Gasteiger charge is 2.58. The number of carboxylic acid groups (broad SMARTS) is 1. The number of carbonyl (C=O) groups is 2. The predicted molar refractivity (Wildman–Crippen MR) is 89.7 cm³/mol. The maximum atomic E-state index is 12.4. The van der Waals surface area contributed by atoms with Gasteiger partial charge in [-0.1, -0.05) is 32.6 Å². The summed E-state index contributed by atoms with van der Waals surface area (Å²) in [4.78, 5) is 24.6. The molecule has 0 amide bonds. The summed E-state index contributed by atoms with van der Waals surface area (Å²) < 4.78 is 0. The second-order valence-corrected chi connectivity index (χ2v) is 7.28. The SMILES string of the molecule is C=C1C=C2C3(C)C=C(C#N)C(=O)[C@H](C)C3CC[C@@]2(C(=O)O)C=C1C#N. The zero-order valence-electron chi connectivity index (χ0n) is 14.2. The number of nitrogens with zero attached hydrogens (tertiary/aromatic N) is 2. The van der Waals surface area contributed by atoms with Crippen LogP contribution in [-0.2, 0) is 9.59 Å². The van der Waals surface area contributed by atoms with Crippen LogP contribution in [0, 0.1) is 45.3 Å². The van der Waals surface area contributed by atoms with Gasteiger partial charge in [0.1, 0.15) is 11.5 Å². The number of aliphatic carboxylic acids is 1. The minimum atomic E-state index is -1.30. The largest absolute Gasteiger partial charge is 0.480 e. The van der Waals surface area contributed by atoms with E-state index >= 15 is 0 Å². The Hall–Kier alpha value is -2.92. The third-order valence-electron chi connectivity index (χ3n) is 6.09. The number of ketones is 1. The van der Waals surface area contributed by atoms with Gasteiger partial charge in [0, 0.05) is 11.3 Å². The minimum Gasteiger partial charge on any atom is -0.480 e. The Morgan fingerprint density at radius 2 is 1.96 bits per heavy atom. The molecule has 0 bridgehead atoms. The van der Waals surface area contributed by atoms with Crippen molar-refractivity contribution >= 4 is 11.8 Å². The molecule has 1 N–H and O–H groups in total. The Morgan fingerprint density at radius 1 is 1.32 bits per heavy atom. The van der Waals surface area contributed by atoms with Crippen molar-refractivity contribution in [2.45, 2.75) is 26.7 Å². The van der Waals surface area contributed by atoms with Gasteiger partial charge in [-0.05, 0) is 36.0 Å². The van der Waals surface area contributed by atoms with Crippen LogP contribution in [0.15, 0.2) is 47.1 Å². The molecule has 25 heavy (non-hydrogen) atoms. The molecular formula is C20H18N2O3. The molecule has 0 saturated heterocycles. The van der Waals surface area contributed by atoms with Crippen LogP contribution >= 0.6 is 0 Å². The van der Waals surface area contributed by atoms with Crippen LogP contribution < -0.4 is 0 Å². The van der Waals surface area contributed by atoms with Gasteiger partial charge < -0.3 is 5.11 Å². The molecule has 5 heteroatoms. The van der Waals surface area contributed by atoms with Crippen LogP contribution in [0.5, 0.6) is 0 Å². The van der Waals surface area contributed by atoms with E-state index in [2.05, 4.69) is 6.58 Å². The van der Waals surface area contributed by atoms with Crippen LogP contribution in [0.4, 0.5) is 0 Å². The molecule has 0 radical (unpaired) electrons. The summed E-state index contributed by atoms with van der Waals surface area (Å²) in [5.74, 6) is -1.64. The first-order valence-corrected chi connectivity index (χ1v) is 8.16. The molecule has 0 heterocycles. The van der Waals surface area contributed by atoms with E-state index in [1.165, 1.54) is 6.08 Å². The number of carboxylic acids is 1. The summed E-state index contributed by atoms with van der Waals surface area (Å²) >= 11 is 0. The van der Waals surface area contributed by atoms with Gasteiger partial charge in [-0.25, -0.2) is 0 Å². The fourth-order valence-corrected chi connectivity index (χ4v) is 4.75. The van der Waals surface area contributed by atoms with Gasteiger partial charge in [-0.2, -0.15) is 10.5 Å². The lowest BCUT2D eigenvalue weighted by atomic mass is 9.48. The average Bonchev–Trinajstić information content (AvgIpc) is 2.58. The predicted octanol–water partition coefficient (Wildman–Crippen LogP) is 3.09. The van der Waals surface area contributed by atoms with Gasteiger partial charge in [-0.15, -0.1) is 0 Å². The van der Waals surface area contributed by atoms with E-state index in [0.717, 1.165) is 0 Å². The van der Waals surface area contributed by atoms with E-state index in [9.17, 15) is 25.2 Å². The van der Waals surface area contributed by atoms with E-state index in [1.807, 2.05) is 19.1 Å². The molecule has 2 unspecified atom stereocenters. The van der Waals surface area contributed by atoms with Crippen molar-refractivity contribution in [2.75, 3.05) is 0 Å². The number of rotatable bonds is 1. The lowest BCUT2D eigenvalue weighted by Gasteiger charge is -2.53. The van der Waals surface area contributed by atoms with Crippen LogP contribution in [-0.4, -0.2) is 16.9 Å². The highest BCUT2D eigenvalue weighted by atomic mass is 16.4. The average molecular weight is 334 g/mol. The van der Waals surface area contributed by atoms with Crippen molar-refractivity contribution in [3.63, 3.8) is 0 Å². The Bertz CT molecular complexity index is 893. The van der Waals surface area contributed by atoms with Crippen LogP contribution in [0.1, 0.15) is 26.7 Å². The number of nitriles is 2. The molecule has 0 aromatic carbocycles. The van der Waals surface area contributed by atoms with Crippen molar-refractivity contribution < 1.29 is 14.7 Å². The Kier molecular flexibility index (Phi) is 3.58. The van der Waals surface area contributed by atoms with E-state index in [4.69, 9.17) is 0 Å². The zero-order chi connectivity index (χ0) is 18.6. The molecule has 5 nitrogen and oxygen atoms in total. The monoisotopic (exact) mass is 334 g/mol. The molecule has 126 valence electrons. The normalized spacial score (nSPS) is 36.7. The number of hydrogen-bond donors (Lipinski definition) is 1. The summed E-state index contributed by atoms with van der Waals surface area (Å²) in [5, 5.41) is 28.6. The Labute approximate surface area is 146 Å². The minimum absolute atomic E-state index is 0.0778. The second kappa shape index (κ2) is 5.29. The van der Waals surface area contributed by atoms with Crippen LogP contribution in [0.2, 0.25) is 0 Å². The fraction of sp³-hybridized carbons (Fsp3) is 0.400. The Morgan fingerprint density at radius 3 is 2.52 bits per heavy atom. The summed E-state index contributed by atoms with van der Waals surface area (Å²) in [6.07, 6.45) is 5.65. The Balaban J connectivity index is 2.29. The third kappa shape index (κ3) is 2.06. The number of allylic oxidation sites excluding steroid dienone is 5. The summed E-state index contributed by atoms with van der Waals surface area (Å²) in [5.41, 5.74) is -0.622. The van der Waals surface area contributed by atoms with Crippen molar-refractivity contribution in [3.05, 3.63) is 47.1 Å². The quantitative estimate of drug-likeness (QED) is 0.794. The van der Waals surface area contributed by atoms with E-state index in [0.29, 0.717) is 24.0 Å². The van der Waals surface area contributed by atoms with Crippen molar-refractivity contribution in [2.24, 2.45) is 22.7 Å². The van der Waals surface area contributed by atoms with Gasteiger partial charge in [0.2, 0.25) is 0 Å². The second-order valence-electron chi connectivity index (χ2n) is 7.28. The molecule has 3 aliphatic rings. The van der Waals surface area contributed by atoms with Crippen molar-refractivity contribution in [1.82, 2.24) is 0 Å². The molecule has 0 aromatic rings. The van der Waals surface area contributed by atoms with Gasteiger partial charge in [0.05, 0.1) is 17.2 Å². The zero-order valence-corrected chi connectivity index (χ0v) is 14.2. The van der Waals surface area contributed by atoms with E-state index < -0.39 is 16.8 Å². The first kappa shape index (κ1) is 16.9. The molecule has 3 rings (SSSR count). The molecule has 0 aliphatic heterocycles. The highest BCUT2D eigenvalue weighted by Crippen LogP contribution is 2.61. The maximum Gasteiger partial charge on any atom is 0.317 e. The number of Topliss-reactive ketones (excluding diaryl/α,β-unsaturated/α-hetero) is 1. The number of fused-ring (bicyclic) bond motifs is 3. The molecule has 4 atom stereocenters. The van der Waals surface area contributed by atoms with Gasteiger partial charge in [0.25, 0.3) is 0 Å². The van der Waals surface area contributed by atoms with E-state index in [1.54, 1.807) is 19.1 Å². The molecule has 1 saturated carbocycles. The van der Waals surface area contributed by atoms with Crippen LogP contribution in [0.3, 0.4) is 0 Å². The van der Waals surface area contributed by atoms with Crippen LogP contribution in [0.25, 0.3) is 0 Å². The fourth-order valence-electron chi connectivity index (χ4n) is 4.75. The molecule has 1 fully saturated rings. The highest BCUT2D eigenvalue weighted by molar-refractivity contribution is 6.02. The van der Waals surface area contributed by atoms with Crippen molar-refractivity contribution in [1.29, 1.82) is 10.5 Å². The lowest BCUT2D eigenvalue weighted by molar-refractivity contribution is -0.146. The van der Waals surface area contributed by atoms with Gasteiger partial charge >= 0.3 is 5.97 Å². The standard InChI is InChI=1S/C20H18N2O3/c1-11-6-16-19(3)7-14(10-22)17(23)12(2)15(19)4-5-20(16,18(24)25)8-13(11)9-21/h6-8,12,15H,1,4-5H2,2-3H3,(H,24,25)/t12-,15?,19?,20-/m1/s1. The topological polar surface area (TPSA) is 102 Å². The van der Waals surface area contributed by atoms with Crippen molar-refractivity contribution in [3.8, 4) is 12.1 Å². The summed E-state index contributed by atoms with van der Waals surface area (Å²) in [6.45, 7) is 7.57. The molecule has 3 aliphatic carbocycles. The smallest absolute Gasteiger partial charge is 0.317 e. The molecular weight excluding hydrogens is 316 g/mol. The number of hydrogen-bond acceptors (Lipinski definition) is 4.